The van der Waals surface area contributed by atoms with Crippen molar-refractivity contribution >= 4 is 68.4 Å². The SMILES string of the molecule is C=Cc1c(C)c2cc3[nH]c(cc4nc(cc5nc(cc1[nH]2)C(C)=C5CC(=O)O)C(CC(=O)n1ccnc1)=C4C)c(C)c3C=C. The number of hydrogen-bond acceptors (Lipinski definition) is 5. The Bertz CT molecular complexity index is 2140. The highest BCUT2D eigenvalue weighted by Gasteiger charge is 2.24. The molecule has 0 unspecified atom stereocenters. The summed E-state index contributed by atoms with van der Waals surface area (Å²) in [5.41, 5.74) is 12.8. The lowest BCUT2D eigenvalue weighted by atomic mass is 9.99. The van der Waals surface area contributed by atoms with E-state index in [4.69, 9.17) is 9.97 Å². The van der Waals surface area contributed by atoms with E-state index in [1.54, 1.807) is 18.5 Å². The molecule has 9 nitrogen and oxygen atoms in total. The Morgan fingerprint density at radius 3 is 1.82 bits per heavy atom. The van der Waals surface area contributed by atoms with E-state index >= 15 is 0 Å². The van der Waals surface area contributed by atoms with Crippen LogP contribution in [0.3, 0.4) is 0 Å². The van der Waals surface area contributed by atoms with Crippen molar-refractivity contribution in [3.63, 3.8) is 0 Å². The minimum atomic E-state index is -0.959. The van der Waals surface area contributed by atoms with E-state index in [9.17, 15) is 14.7 Å². The van der Waals surface area contributed by atoms with Gasteiger partial charge in [0.05, 0.1) is 35.6 Å². The second-order valence-corrected chi connectivity index (χ2v) is 11.1. The van der Waals surface area contributed by atoms with Crippen molar-refractivity contribution < 1.29 is 14.7 Å². The van der Waals surface area contributed by atoms with Gasteiger partial charge in [-0.05, 0) is 85.4 Å². The highest BCUT2D eigenvalue weighted by molar-refractivity contribution is 6.03. The number of imidazole rings is 1. The summed E-state index contributed by atoms with van der Waals surface area (Å²) < 4.78 is 1.44. The number of carbonyl (C=O) groups excluding carboxylic acids is 1. The second-order valence-electron chi connectivity index (χ2n) is 11.1. The van der Waals surface area contributed by atoms with Crippen molar-refractivity contribution in [1.82, 2.24) is 29.5 Å². The van der Waals surface area contributed by atoms with E-state index in [-0.39, 0.29) is 18.7 Å². The van der Waals surface area contributed by atoms with Gasteiger partial charge in [-0.2, -0.15) is 0 Å². The van der Waals surface area contributed by atoms with Crippen molar-refractivity contribution in [2.75, 3.05) is 0 Å². The Hall–Kier alpha value is -5.57. The zero-order chi connectivity index (χ0) is 31.3. The molecule has 0 amide bonds. The van der Waals surface area contributed by atoms with Gasteiger partial charge in [0.2, 0.25) is 5.91 Å². The van der Waals surface area contributed by atoms with Crippen LogP contribution in [0.2, 0.25) is 0 Å². The van der Waals surface area contributed by atoms with Crippen molar-refractivity contribution in [1.29, 1.82) is 0 Å². The molecule has 4 aromatic rings. The van der Waals surface area contributed by atoms with Crippen LogP contribution in [0.1, 0.15) is 76.5 Å². The molecule has 0 aliphatic carbocycles. The predicted octanol–water partition coefficient (Wildman–Crippen LogP) is 7.48. The minimum absolute atomic E-state index is 0.0787. The third kappa shape index (κ3) is 4.82. The molecule has 0 saturated carbocycles. The Balaban J connectivity index is 1.73. The third-order valence-corrected chi connectivity index (χ3v) is 8.49. The van der Waals surface area contributed by atoms with Gasteiger partial charge in [-0.25, -0.2) is 15.0 Å². The number of aromatic amines is 2. The van der Waals surface area contributed by atoms with Crippen LogP contribution < -0.4 is 0 Å². The maximum atomic E-state index is 13.2. The number of nitrogens with zero attached hydrogens (tertiary/aromatic N) is 4. The molecule has 2 aliphatic rings. The predicted molar refractivity (Wildman–Crippen MR) is 175 cm³/mol. The zero-order valence-electron chi connectivity index (χ0n) is 25.1. The first-order chi connectivity index (χ1) is 21.1. The molecule has 220 valence electrons. The Kier molecular flexibility index (Phi) is 7.09. The van der Waals surface area contributed by atoms with Gasteiger partial charge in [0.1, 0.15) is 6.33 Å². The lowest BCUT2D eigenvalue weighted by Crippen LogP contribution is -2.08. The van der Waals surface area contributed by atoms with E-state index in [1.807, 2.05) is 52.0 Å². The average Bonchev–Trinajstić information content (AvgIpc) is 3.78. The van der Waals surface area contributed by atoms with Crippen molar-refractivity contribution in [2.45, 2.75) is 40.5 Å². The molecule has 0 spiro atoms. The van der Waals surface area contributed by atoms with Crippen LogP contribution in [0.15, 0.2) is 56.1 Å². The third-order valence-electron chi connectivity index (χ3n) is 8.49. The number of aliphatic carboxylic acids is 1. The number of carbonyl (C=O) groups is 2. The number of aryl methyl sites for hydroxylation is 2. The van der Waals surface area contributed by atoms with Crippen LogP contribution >= 0.6 is 0 Å². The summed E-state index contributed by atoms with van der Waals surface area (Å²) in [6, 6.07) is 7.76. The second kappa shape index (κ2) is 10.9. The molecular weight excluding hydrogens is 552 g/mol. The van der Waals surface area contributed by atoms with E-state index in [0.717, 1.165) is 61.0 Å². The molecule has 6 rings (SSSR count). The topological polar surface area (TPSA) is 130 Å². The van der Waals surface area contributed by atoms with Gasteiger partial charge >= 0.3 is 5.97 Å². The molecule has 44 heavy (non-hydrogen) atoms. The molecule has 4 aromatic heterocycles. The van der Waals surface area contributed by atoms with Gasteiger partial charge in [-0.15, -0.1) is 0 Å². The number of H-pyrrole nitrogens is 2. The lowest BCUT2D eigenvalue weighted by Gasteiger charge is -2.05. The number of hydrogen-bond donors (Lipinski definition) is 3. The molecule has 6 heterocycles. The Labute approximate surface area is 254 Å². The molecule has 0 radical (unpaired) electrons. The molecule has 0 fully saturated rings. The first kappa shape index (κ1) is 28.5. The van der Waals surface area contributed by atoms with Crippen LogP contribution in [0.5, 0.6) is 0 Å². The maximum Gasteiger partial charge on any atom is 0.307 e. The zero-order valence-corrected chi connectivity index (χ0v) is 25.1. The monoisotopic (exact) mass is 584 g/mol. The highest BCUT2D eigenvalue weighted by atomic mass is 16.4. The highest BCUT2D eigenvalue weighted by Crippen LogP contribution is 2.37. The fourth-order valence-electron chi connectivity index (χ4n) is 5.92. The van der Waals surface area contributed by atoms with Gasteiger partial charge in [-0.1, -0.05) is 25.3 Å². The van der Waals surface area contributed by atoms with Gasteiger partial charge in [0.15, 0.2) is 0 Å². The molecule has 2 aliphatic heterocycles. The van der Waals surface area contributed by atoms with Crippen LogP contribution in [-0.4, -0.2) is 46.5 Å². The van der Waals surface area contributed by atoms with Gasteiger partial charge in [0.25, 0.3) is 0 Å². The van der Waals surface area contributed by atoms with Crippen LogP contribution in [0.25, 0.3) is 56.5 Å². The number of fused-ring (bicyclic) bond motifs is 8. The summed E-state index contributed by atoms with van der Waals surface area (Å²) in [6.45, 7) is 16.0. The van der Waals surface area contributed by atoms with Crippen LogP contribution in [0.4, 0.5) is 0 Å². The van der Waals surface area contributed by atoms with Gasteiger partial charge in [0, 0.05) is 45.6 Å². The normalized spacial score (nSPS) is 13.0. The van der Waals surface area contributed by atoms with Crippen LogP contribution in [-0.2, 0) is 4.79 Å². The molecule has 8 bridgehead atoms. The standard InChI is InChI=1S/C35H32N6O3/c1-7-22-18(3)26-13-27-20(5)24(11-34(42)41-10-9-36-17-41)32(39-27)16-33-25(12-35(43)44)21(6)29(40-33)15-31-23(8-2)19(4)28(38-31)14-30(22)37-26/h7-10,13-17,37-38H,1-2,11-12H2,3-6H3,(H,43,44). The van der Waals surface area contributed by atoms with E-state index in [1.165, 1.54) is 10.9 Å². The fraction of sp³-hybridized carbons (Fsp3) is 0.171. The summed E-state index contributed by atoms with van der Waals surface area (Å²) >= 11 is 0. The Morgan fingerprint density at radius 1 is 0.773 bits per heavy atom. The number of aromatic nitrogens is 6. The van der Waals surface area contributed by atoms with Crippen molar-refractivity contribution in [3.8, 4) is 0 Å². The fourth-order valence-corrected chi connectivity index (χ4v) is 5.92. The molecule has 0 aromatic carbocycles. The number of carboxylic acids is 1. The largest absolute Gasteiger partial charge is 0.481 e. The van der Waals surface area contributed by atoms with Crippen molar-refractivity contribution in [2.24, 2.45) is 0 Å². The first-order valence-electron chi connectivity index (χ1n) is 14.2. The molecule has 0 atom stereocenters. The van der Waals surface area contributed by atoms with E-state index in [2.05, 4.69) is 34.2 Å². The summed E-state index contributed by atoms with van der Waals surface area (Å²) in [6.07, 6.45) is 8.17. The summed E-state index contributed by atoms with van der Waals surface area (Å²) in [7, 11) is 0. The first-order valence-corrected chi connectivity index (χ1v) is 14.2. The summed E-state index contributed by atoms with van der Waals surface area (Å²) in [5, 5.41) is 9.79. The quantitative estimate of drug-likeness (QED) is 0.215. The van der Waals surface area contributed by atoms with E-state index < -0.39 is 5.97 Å². The Morgan fingerprint density at radius 2 is 1.30 bits per heavy atom. The van der Waals surface area contributed by atoms with Gasteiger partial charge in [-0.3, -0.25) is 14.2 Å². The number of carboxylic acid groups (broad SMARTS) is 1. The lowest BCUT2D eigenvalue weighted by molar-refractivity contribution is -0.135. The number of allylic oxidation sites excluding steroid dienone is 3. The summed E-state index contributed by atoms with van der Waals surface area (Å²) in [4.78, 5) is 46.2. The smallest absolute Gasteiger partial charge is 0.307 e. The molecule has 0 saturated heterocycles. The van der Waals surface area contributed by atoms with Crippen molar-refractivity contribution in [3.05, 3.63) is 101 Å². The van der Waals surface area contributed by atoms with Crippen LogP contribution in [0, 0.1) is 13.8 Å². The van der Waals surface area contributed by atoms with E-state index in [0.29, 0.717) is 28.3 Å². The van der Waals surface area contributed by atoms with Gasteiger partial charge < -0.3 is 15.1 Å². The maximum absolute atomic E-state index is 13.2. The average molecular weight is 585 g/mol. The molecule has 3 N–H and O–H groups in total. The number of nitrogens with one attached hydrogen (secondary N) is 2. The molecule has 9 heteroatoms. The summed E-state index contributed by atoms with van der Waals surface area (Å²) in [5.74, 6) is -1.12. The number of rotatable bonds is 6. The molecular formula is C35H32N6O3. The minimum Gasteiger partial charge on any atom is -0.481 e.